The predicted molar refractivity (Wildman–Crippen MR) is 100 cm³/mol. The van der Waals surface area contributed by atoms with Gasteiger partial charge in [0.05, 0.1) is 17.3 Å². The van der Waals surface area contributed by atoms with E-state index in [-0.39, 0.29) is 5.91 Å². The van der Waals surface area contributed by atoms with Gasteiger partial charge in [0, 0.05) is 16.1 Å². The molecular weight excluding hydrogens is 367 g/mol. The molecular formula is C17H12Cl2N2O2S. The Balaban J connectivity index is 1.73. The van der Waals surface area contributed by atoms with Gasteiger partial charge >= 0.3 is 0 Å². The molecule has 0 atom stereocenters. The standard InChI is InChI=1S/C17H12Cl2N2O2S/c1-23-12-5-6-14-15(9-12)24-17(20-14)21-16(22)7-3-10-2-4-11(18)8-13(10)19/h2-9H,1H3,(H,20,21,22). The largest absolute Gasteiger partial charge is 0.497 e. The minimum atomic E-state index is -0.285. The SMILES string of the molecule is COc1ccc2nc(NC(=O)C=Cc3ccc(Cl)cc3Cl)sc2c1. The van der Waals surface area contributed by atoms with Crippen molar-refractivity contribution in [2.24, 2.45) is 0 Å². The summed E-state index contributed by atoms with van der Waals surface area (Å²) in [5.74, 6) is 0.466. The number of fused-ring (bicyclic) bond motifs is 1. The molecule has 3 aromatic rings. The summed E-state index contributed by atoms with van der Waals surface area (Å²) in [5, 5.41) is 4.30. The third-order valence-electron chi connectivity index (χ3n) is 3.20. The third kappa shape index (κ3) is 3.87. The van der Waals surface area contributed by atoms with E-state index in [9.17, 15) is 4.79 Å². The Hall–Kier alpha value is -2.08. The number of thiazole rings is 1. The number of ether oxygens (including phenoxy) is 1. The fourth-order valence-corrected chi connectivity index (χ4v) is 3.40. The molecule has 7 heteroatoms. The van der Waals surface area contributed by atoms with Crippen LogP contribution < -0.4 is 10.1 Å². The molecule has 0 fully saturated rings. The lowest BCUT2D eigenvalue weighted by Gasteiger charge is -1.99. The molecule has 0 saturated heterocycles. The Morgan fingerprint density at radius 2 is 2.08 bits per heavy atom. The van der Waals surface area contributed by atoms with E-state index in [1.807, 2.05) is 18.2 Å². The zero-order valence-electron chi connectivity index (χ0n) is 12.5. The molecule has 1 amide bonds. The summed E-state index contributed by atoms with van der Waals surface area (Å²) in [6, 6.07) is 10.7. The fraction of sp³-hybridized carbons (Fsp3) is 0.0588. The summed E-state index contributed by atoms with van der Waals surface area (Å²) in [7, 11) is 1.61. The Bertz CT molecular complexity index is 937. The molecule has 0 unspecified atom stereocenters. The molecule has 0 saturated carbocycles. The van der Waals surface area contributed by atoms with Gasteiger partial charge in [-0.05, 0) is 42.0 Å². The van der Waals surface area contributed by atoms with E-state index in [0.717, 1.165) is 16.0 Å². The highest BCUT2D eigenvalue weighted by Gasteiger charge is 2.07. The maximum absolute atomic E-state index is 12.0. The van der Waals surface area contributed by atoms with Gasteiger partial charge < -0.3 is 4.74 Å². The van der Waals surface area contributed by atoms with Crippen molar-refractivity contribution in [1.29, 1.82) is 0 Å². The molecule has 0 spiro atoms. The van der Waals surface area contributed by atoms with Crippen LogP contribution in [0.15, 0.2) is 42.5 Å². The molecule has 0 radical (unpaired) electrons. The number of carbonyl (C=O) groups is 1. The second-order valence-electron chi connectivity index (χ2n) is 4.84. The summed E-state index contributed by atoms with van der Waals surface area (Å²) >= 11 is 13.3. The van der Waals surface area contributed by atoms with Gasteiger partial charge in [-0.3, -0.25) is 10.1 Å². The average molecular weight is 379 g/mol. The first-order chi connectivity index (χ1) is 11.5. The Morgan fingerprint density at radius 3 is 2.83 bits per heavy atom. The van der Waals surface area contributed by atoms with E-state index in [2.05, 4.69) is 10.3 Å². The molecule has 0 aliphatic carbocycles. The number of hydrogen-bond acceptors (Lipinski definition) is 4. The van der Waals surface area contributed by atoms with Crippen LogP contribution in [-0.2, 0) is 4.79 Å². The number of aromatic nitrogens is 1. The molecule has 122 valence electrons. The molecule has 0 aliphatic heterocycles. The smallest absolute Gasteiger partial charge is 0.250 e. The van der Waals surface area contributed by atoms with Gasteiger partial charge in [0.2, 0.25) is 5.91 Å². The summed E-state index contributed by atoms with van der Waals surface area (Å²) < 4.78 is 6.12. The van der Waals surface area contributed by atoms with Gasteiger partial charge in [-0.1, -0.05) is 40.6 Å². The van der Waals surface area contributed by atoms with Gasteiger partial charge in [0.1, 0.15) is 5.75 Å². The molecule has 0 bridgehead atoms. The van der Waals surface area contributed by atoms with Crippen molar-refractivity contribution in [3.05, 3.63) is 58.1 Å². The van der Waals surface area contributed by atoms with Gasteiger partial charge in [0.15, 0.2) is 5.13 Å². The van der Waals surface area contributed by atoms with Crippen molar-refractivity contribution in [3.8, 4) is 5.75 Å². The minimum absolute atomic E-state index is 0.285. The first-order valence-electron chi connectivity index (χ1n) is 6.94. The third-order valence-corrected chi connectivity index (χ3v) is 4.70. The lowest BCUT2D eigenvalue weighted by atomic mass is 10.2. The Kier molecular flexibility index (Phi) is 5.04. The van der Waals surface area contributed by atoms with Gasteiger partial charge in [-0.15, -0.1) is 0 Å². The van der Waals surface area contributed by atoms with Crippen LogP contribution in [-0.4, -0.2) is 18.0 Å². The van der Waals surface area contributed by atoms with E-state index in [0.29, 0.717) is 20.7 Å². The highest BCUT2D eigenvalue weighted by atomic mass is 35.5. The van der Waals surface area contributed by atoms with Crippen LogP contribution in [0.2, 0.25) is 10.0 Å². The number of methoxy groups -OCH3 is 1. The van der Waals surface area contributed by atoms with E-state index in [1.165, 1.54) is 17.4 Å². The van der Waals surface area contributed by atoms with Crippen LogP contribution in [0.4, 0.5) is 5.13 Å². The number of halogens is 2. The highest BCUT2D eigenvalue weighted by molar-refractivity contribution is 7.22. The van der Waals surface area contributed by atoms with Crippen molar-refractivity contribution in [2.75, 3.05) is 12.4 Å². The van der Waals surface area contributed by atoms with E-state index in [1.54, 1.807) is 31.4 Å². The van der Waals surface area contributed by atoms with E-state index in [4.69, 9.17) is 27.9 Å². The lowest BCUT2D eigenvalue weighted by molar-refractivity contribution is -0.111. The molecule has 3 rings (SSSR count). The summed E-state index contributed by atoms with van der Waals surface area (Å²) in [5.41, 5.74) is 1.52. The van der Waals surface area contributed by atoms with Crippen molar-refractivity contribution in [2.45, 2.75) is 0 Å². The number of nitrogens with zero attached hydrogens (tertiary/aromatic N) is 1. The summed E-state index contributed by atoms with van der Waals surface area (Å²) in [6.07, 6.45) is 3.03. The quantitative estimate of drug-likeness (QED) is 0.629. The zero-order valence-corrected chi connectivity index (χ0v) is 14.9. The number of amides is 1. The predicted octanol–water partition coefficient (Wildman–Crippen LogP) is 5.26. The maximum atomic E-state index is 12.0. The first kappa shape index (κ1) is 16.8. The summed E-state index contributed by atoms with van der Waals surface area (Å²) in [4.78, 5) is 16.4. The van der Waals surface area contributed by atoms with E-state index < -0.39 is 0 Å². The lowest BCUT2D eigenvalue weighted by Crippen LogP contribution is -2.07. The molecule has 1 heterocycles. The number of benzene rings is 2. The van der Waals surface area contributed by atoms with Gasteiger partial charge in [0.25, 0.3) is 0 Å². The van der Waals surface area contributed by atoms with Crippen LogP contribution in [0.25, 0.3) is 16.3 Å². The molecule has 4 nitrogen and oxygen atoms in total. The number of rotatable bonds is 4. The number of hydrogen-bond donors (Lipinski definition) is 1. The number of nitrogens with one attached hydrogen (secondary N) is 1. The van der Waals surface area contributed by atoms with Crippen molar-refractivity contribution >= 4 is 61.9 Å². The average Bonchev–Trinajstić information content (AvgIpc) is 2.95. The fourth-order valence-electron chi connectivity index (χ4n) is 2.03. The second kappa shape index (κ2) is 7.21. The van der Waals surface area contributed by atoms with Crippen LogP contribution >= 0.6 is 34.5 Å². The maximum Gasteiger partial charge on any atom is 0.250 e. The van der Waals surface area contributed by atoms with Crippen molar-refractivity contribution < 1.29 is 9.53 Å². The van der Waals surface area contributed by atoms with Crippen molar-refractivity contribution in [1.82, 2.24) is 4.98 Å². The van der Waals surface area contributed by atoms with Crippen molar-refractivity contribution in [3.63, 3.8) is 0 Å². The number of carbonyl (C=O) groups excluding carboxylic acids is 1. The zero-order chi connectivity index (χ0) is 17.1. The monoisotopic (exact) mass is 378 g/mol. The topological polar surface area (TPSA) is 51.2 Å². The molecule has 1 aromatic heterocycles. The van der Waals surface area contributed by atoms with Gasteiger partial charge in [-0.25, -0.2) is 4.98 Å². The highest BCUT2D eigenvalue weighted by Crippen LogP contribution is 2.29. The normalized spacial score (nSPS) is 11.1. The second-order valence-corrected chi connectivity index (χ2v) is 6.72. The van der Waals surface area contributed by atoms with Crippen LogP contribution in [0.5, 0.6) is 5.75 Å². The Labute approximate surface area is 152 Å². The van der Waals surface area contributed by atoms with Crippen LogP contribution in [0.3, 0.4) is 0 Å². The minimum Gasteiger partial charge on any atom is -0.497 e. The summed E-state index contributed by atoms with van der Waals surface area (Å²) in [6.45, 7) is 0. The molecule has 24 heavy (non-hydrogen) atoms. The van der Waals surface area contributed by atoms with Gasteiger partial charge in [-0.2, -0.15) is 0 Å². The Morgan fingerprint density at radius 1 is 1.25 bits per heavy atom. The molecule has 1 N–H and O–H groups in total. The number of anilines is 1. The van der Waals surface area contributed by atoms with Crippen LogP contribution in [0, 0.1) is 0 Å². The molecule has 2 aromatic carbocycles. The molecule has 0 aliphatic rings. The van der Waals surface area contributed by atoms with Crippen LogP contribution in [0.1, 0.15) is 5.56 Å². The first-order valence-corrected chi connectivity index (χ1v) is 8.51. The van der Waals surface area contributed by atoms with E-state index >= 15 is 0 Å².